The van der Waals surface area contributed by atoms with Crippen molar-refractivity contribution in [2.24, 2.45) is 0 Å². The van der Waals surface area contributed by atoms with Gasteiger partial charge in [0.05, 0.1) is 5.56 Å². The topological polar surface area (TPSA) is 41.1 Å². The summed E-state index contributed by atoms with van der Waals surface area (Å²) in [6, 6.07) is 6.26. The van der Waals surface area contributed by atoms with E-state index in [0.29, 0.717) is 18.2 Å². The highest BCUT2D eigenvalue weighted by molar-refractivity contribution is 9.11. The zero-order valence-electron chi connectivity index (χ0n) is 9.30. The molecule has 17 heavy (non-hydrogen) atoms. The third-order valence-corrected chi connectivity index (χ3v) is 3.78. The summed E-state index contributed by atoms with van der Waals surface area (Å²) in [5, 5.41) is 6.25. The highest BCUT2D eigenvalue weighted by Crippen LogP contribution is 2.21. The molecule has 0 aliphatic heterocycles. The molecule has 5 heteroatoms. The van der Waals surface area contributed by atoms with Crippen molar-refractivity contribution in [2.45, 2.75) is 18.9 Å². The van der Waals surface area contributed by atoms with Gasteiger partial charge in [0.1, 0.15) is 0 Å². The van der Waals surface area contributed by atoms with Crippen LogP contribution in [0.2, 0.25) is 0 Å². The Bertz CT molecular complexity index is 419. The highest BCUT2D eigenvalue weighted by atomic mass is 79.9. The van der Waals surface area contributed by atoms with Crippen LogP contribution < -0.4 is 10.6 Å². The minimum Gasteiger partial charge on any atom is -0.351 e. The Kier molecular flexibility index (Phi) is 4.59. The molecule has 1 amide bonds. The quantitative estimate of drug-likeness (QED) is 0.791. The van der Waals surface area contributed by atoms with Gasteiger partial charge in [-0.3, -0.25) is 4.79 Å². The summed E-state index contributed by atoms with van der Waals surface area (Å²) in [5.41, 5.74) is 0.658. The van der Waals surface area contributed by atoms with Crippen LogP contribution in [0.15, 0.2) is 27.1 Å². The number of amides is 1. The van der Waals surface area contributed by atoms with Gasteiger partial charge in [0.2, 0.25) is 0 Å². The van der Waals surface area contributed by atoms with E-state index in [4.69, 9.17) is 0 Å². The second-order valence-corrected chi connectivity index (χ2v) is 5.88. The molecule has 0 heterocycles. The third kappa shape index (κ3) is 4.08. The first-order valence-corrected chi connectivity index (χ1v) is 7.22. The molecule has 1 aliphatic carbocycles. The molecule has 0 saturated heterocycles. The summed E-state index contributed by atoms with van der Waals surface area (Å²) >= 11 is 6.74. The molecule has 3 nitrogen and oxygen atoms in total. The van der Waals surface area contributed by atoms with Crippen LogP contribution in [0.25, 0.3) is 0 Å². The fraction of sp³-hybridized carbons (Fsp3) is 0.417. The van der Waals surface area contributed by atoms with Gasteiger partial charge in [-0.25, -0.2) is 0 Å². The average Bonchev–Trinajstić information content (AvgIpc) is 3.11. The van der Waals surface area contributed by atoms with Crippen LogP contribution >= 0.6 is 31.9 Å². The Morgan fingerprint density at radius 1 is 1.29 bits per heavy atom. The number of hydrogen-bond acceptors (Lipinski definition) is 2. The summed E-state index contributed by atoms with van der Waals surface area (Å²) in [6.45, 7) is 1.50. The molecular formula is C12H14Br2N2O. The SMILES string of the molecule is O=C(NCCNC1CC1)c1cc(Br)ccc1Br. The first-order chi connectivity index (χ1) is 8.16. The predicted octanol–water partition coefficient (Wildman–Crippen LogP) is 2.69. The molecule has 1 fully saturated rings. The van der Waals surface area contributed by atoms with Gasteiger partial charge in [0.15, 0.2) is 0 Å². The zero-order valence-corrected chi connectivity index (χ0v) is 12.5. The van der Waals surface area contributed by atoms with E-state index in [1.54, 1.807) is 0 Å². The van der Waals surface area contributed by atoms with Crippen LogP contribution in [-0.2, 0) is 0 Å². The van der Waals surface area contributed by atoms with Gasteiger partial charge in [0, 0.05) is 28.1 Å². The number of rotatable bonds is 5. The van der Waals surface area contributed by atoms with E-state index in [-0.39, 0.29) is 5.91 Å². The fourth-order valence-electron chi connectivity index (χ4n) is 1.51. The largest absolute Gasteiger partial charge is 0.351 e. The van der Waals surface area contributed by atoms with Gasteiger partial charge >= 0.3 is 0 Å². The van der Waals surface area contributed by atoms with Crippen molar-refractivity contribution < 1.29 is 4.79 Å². The first-order valence-electron chi connectivity index (χ1n) is 5.63. The molecule has 1 aromatic carbocycles. The molecule has 0 spiro atoms. The predicted molar refractivity (Wildman–Crippen MR) is 75.2 cm³/mol. The lowest BCUT2D eigenvalue weighted by atomic mass is 10.2. The highest BCUT2D eigenvalue weighted by Gasteiger charge is 2.19. The molecule has 1 aliphatic rings. The zero-order chi connectivity index (χ0) is 12.3. The van der Waals surface area contributed by atoms with Crippen molar-refractivity contribution in [2.75, 3.05) is 13.1 Å². The van der Waals surface area contributed by atoms with E-state index < -0.39 is 0 Å². The normalized spacial score (nSPS) is 14.7. The van der Waals surface area contributed by atoms with Gasteiger partial charge in [-0.1, -0.05) is 15.9 Å². The smallest absolute Gasteiger partial charge is 0.252 e. The molecule has 0 aromatic heterocycles. The third-order valence-electron chi connectivity index (χ3n) is 2.59. The summed E-state index contributed by atoms with van der Waals surface area (Å²) < 4.78 is 1.72. The lowest BCUT2D eigenvalue weighted by Gasteiger charge is -2.08. The van der Waals surface area contributed by atoms with Crippen molar-refractivity contribution in [3.8, 4) is 0 Å². The van der Waals surface area contributed by atoms with Gasteiger partial charge in [0.25, 0.3) is 5.91 Å². The van der Waals surface area contributed by atoms with Gasteiger partial charge < -0.3 is 10.6 Å². The number of benzene rings is 1. The molecule has 2 rings (SSSR count). The van der Waals surface area contributed by atoms with Crippen LogP contribution in [-0.4, -0.2) is 25.0 Å². The van der Waals surface area contributed by atoms with Crippen LogP contribution in [0, 0.1) is 0 Å². The molecule has 1 aromatic rings. The summed E-state index contributed by atoms with van der Waals surface area (Å²) in [5.74, 6) is -0.0456. The van der Waals surface area contributed by atoms with Crippen molar-refractivity contribution >= 4 is 37.8 Å². The lowest BCUT2D eigenvalue weighted by molar-refractivity contribution is 0.0953. The van der Waals surface area contributed by atoms with Gasteiger partial charge in [-0.15, -0.1) is 0 Å². The average molecular weight is 362 g/mol. The summed E-state index contributed by atoms with van der Waals surface area (Å²) in [7, 11) is 0. The summed E-state index contributed by atoms with van der Waals surface area (Å²) in [4.78, 5) is 11.9. The van der Waals surface area contributed by atoms with Crippen molar-refractivity contribution in [3.63, 3.8) is 0 Å². The van der Waals surface area contributed by atoms with E-state index >= 15 is 0 Å². The fourth-order valence-corrected chi connectivity index (χ4v) is 2.29. The lowest BCUT2D eigenvalue weighted by Crippen LogP contribution is -2.32. The van der Waals surface area contributed by atoms with E-state index in [0.717, 1.165) is 15.5 Å². The molecule has 1 saturated carbocycles. The Hall–Kier alpha value is -0.390. The molecule has 2 N–H and O–H groups in total. The van der Waals surface area contributed by atoms with E-state index in [1.807, 2.05) is 18.2 Å². The molecular weight excluding hydrogens is 348 g/mol. The van der Waals surface area contributed by atoms with Crippen LogP contribution in [0.3, 0.4) is 0 Å². The van der Waals surface area contributed by atoms with Crippen molar-refractivity contribution in [1.82, 2.24) is 10.6 Å². The maximum Gasteiger partial charge on any atom is 0.252 e. The second kappa shape index (κ2) is 5.98. The monoisotopic (exact) mass is 360 g/mol. The van der Waals surface area contributed by atoms with Crippen LogP contribution in [0.5, 0.6) is 0 Å². The molecule has 0 unspecified atom stereocenters. The van der Waals surface area contributed by atoms with Crippen molar-refractivity contribution in [3.05, 3.63) is 32.7 Å². The van der Waals surface area contributed by atoms with E-state index in [9.17, 15) is 4.79 Å². The second-order valence-electron chi connectivity index (χ2n) is 4.11. The van der Waals surface area contributed by atoms with Gasteiger partial charge in [-0.2, -0.15) is 0 Å². The van der Waals surface area contributed by atoms with Crippen molar-refractivity contribution in [1.29, 1.82) is 0 Å². The van der Waals surface area contributed by atoms with Gasteiger partial charge in [-0.05, 0) is 47.0 Å². The Morgan fingerprint density at radius 2 is 2.06 bits per heavy atom. The maximum atomic E-state index is 11.9. The van der Waals surface area contributed by atoms with Crippen LogP contribution in [0.1, 0.15) is 23.2 Å². The minimum absolute atomic E-state index is 0.0456. The Labute approximate surface area is 118 Å². The standard InChI is InChI=1S/C12H14Br2N2O/c13-8-1-4-11(14)10(7-8)12(17)16-6-5-15-9-2-3-9/h1,4,7,9,15H,2-3,5-6H2,(H,16,17). The minimum atomic E-state index is -0.0456. The number of nitrogens with one attached hydrogen (secondary N) is 2. The number of carbonyl (C=O) groups is 1. The molecule has 0 bridgehead atoms. The Balaban J connectivity index is 1.82. The number of halogens is 2. The van der Waals surface area contributed by atoms with E-state index in [2.05, 4.69) is 42.5 Å². The molecule has 0 atom stereocenters. The number of carbonyl (C=O) groups excluding carboxylic acids is 1. The maximum absolute atomic E-state index is 11.9. The molecule has 0 radical (unpaired) electrons. The molecule has 92 valence electrons. The summed E-state index contributed by atoms with van der Waals surface area (Å²) in [6.07, 6.45) is 2.54. The Morgan fingerprint density at radius 3 is 2.76 bits per heavy atom. The first kappa shape index (κ1) is 13.1. The van der Waals surface area contributed by atoms with E-state index in [1.165, 1.54) is 12.8 Å². The number of hydrogen-bond donors (Lipinski definition) is 2. The van der Waals surface area contributed by atoms with Crippen LogP contribution in [0.4, 0.5) is 0 Å².